The molecule has 0 atom stereocenters. The Morgan fingerprint density at radius 3 is 2.43 bits per heavy atom. The van der Waals surface area contributed by atoms with Crippen molar-refractivity contribution in [1.82, 2.24) is 0 Å². The van der Waals surface area contributed by atoms with Gasteiger partial charge in [-0.05, 0) is 61.1 Å². The highest BCUT2D eigenvalue weighted by molar-refractivity contribution is 6.30. The highest BCUT2D eigenvalue weighted by Gasteiger charge is 2.29. The van der Waals surface area contributed by atoms with E-state index in [-0.39, 0.29) is 0 Å². The van der Waals surface area contributed by atoms with Gasteiger partial charge in [0, 0.05) is 11.6 Å². The highest BCUT2D eigenvalue weighted by Crippen LogP contribution is 2.40. The monoisotopic (exact) mass is 309 g/mol. The molecule has 21 heavy (non-hydrogen) atoms. The molecule has 1 aromatic carbocycles. The summed E-state index contributed by atoms with van der Waals surface area (Å²) in [5.74, 6) is 2.49. The second kappa shape index (κ2) is 6.91. The van der Waals surface area contributed by atoms with Gasteiger partial charge in [-0.3, -0.25) is 0 Å². The molecule has 0 amide bonds. The van der Waals surface area contributed by atoms with E-state index in [4.69, 9.17) is 16.3 Å². The summed E-state index contributed by atoms with van der Waals surface area (Å²) in [6.07, 6.45) is 5.33. The number of ether oxygens (including phenoxy) is 1. The minimum absolute atomic E-state index is 0.453. The molecule has 3 heteroatoms. The fourth-order valence-corrected chi connectivity index (χ4v) is 3.48. The molecule has 0 heterocycles. The van der Waals surface area contributed by atoms with Gasteiger partial charge >= 0.3 is 0 Å². The van der Waals surface area contributed by atoms with Crippen molar-refractivity contribution in [3.05, 3.63) is 23.2 Å². The van der Waals surface area contributed by atoms with E-state index in [2.05, 4.69) is 26.1 Å². The van der Waals surface area contributed by atoms with Crippen LogP contribution in [-0.4, -0.2) is 13.7 Å². The van der Waals surface area contributed by atoms with Crippen LogP contribution < -0.4 is 10.1 Å². The van der Waals surface area contributed by atoms with Gasteiger partial charge < -0.3 is 10.1 Å². The lowest BCUT2D eigenvalue weighted by Gasteiger charge is -2.37. The molecule has 1 aliphatic rings. The number of hydrogen-bond acceptors (Lipinski definition) is 2. The molecule has 1 aromatic rings. The Morgan fingerprint density at radius 1 is 1.19 bits per heavy atom. The Bertz CT molecular complexity index is 459. The number of nitrogens with one attached hydrogen (secondary N) is 1. The van der Waals surface area contributed by atoms with Crippen LogP contribution in [0.3, 0.4) is 0 Å². The first-order valence-corrected chi connectivity index (χ1v) is 8.35. The van der Waals surface area contributed by atoms with Crippen molar-refractivity contribution < 1.29 is 4.74 Å². The summed E-state index contributed by atoms with van der Waals surface area (Å²) in [7, 11) is 1.70. The van der Waals surface area contributed by atoms with Gasteiger partial charge in [0.1, 0.15) is 5.75 Å². The molecule has 1 fully saturated rings. The second-order valence-electron chi connectivity index (χ2n) is 7.31. The molecule has 0 bridgehead atoms. The van der Waals surface area contributed by atoms with E-state index in [9.17, 15) is 0 Å². The summed E-state index contributed by atoms with van der Waals surface area (Å²) in [6, 6.07) is 5.72. The van der Waals surface area contributed by atoms with Crippen molar-refractivity contribution in [3.8, 4) is 5.75 Å². The molecule has 1 N–H and O–H groups in total. The number of rotatable bonds is 4. The van der Waals surface area contributed by atoms with Gasteiger partial charge in [-0.15, -0.1) is 0 Å². The van der Waals surface area contributed by atoms with Crippen molar-refractivity contribution in [1.29, 1.82) is 0 Å². The van der Waals surface area contributed by atoms with E-state index in [1.807, 2.05) is 18.2 Å². The van der Waals surface area contributed by atoms with Crippen LogP contribution >= 0.6 is 11.6 Å². The molecule has 118 valence electrons. The molecule has 0 aliphatic heterocycles. The maximum absolute atomic E-state index is 6.07. The van der Waals surface area contributed by atoms with Crippen molar-refractivity contribution in [3.63, 3.8) is 0 Å². The van der Waals surface area contributed by atoms with E-state index < -0.39 is 0 Å². The first kappa shape index (κ1) is 16.5. The smallest absolute Gasteiger partial charge is 0.142 e. The van der Waals surface area contributed by atoms with Crippen LogP contribution in [-0.2, 0) is 0 Å². The first-order chi connectivity index (χ1) is 9.90. The number of benzene rings is 1. The maximum atomic E-state index is 6.07. The van der Waals surface area contributed by atoms with Gasteiger partial charge in [0.25, 0.3) is 0 Å². The SMILES string of the molecule is COc1ccc(Cl)cc1NCC1CCC(C(C)(C)C)CC1. The second-order valence-corrected chi connectivity index (χ2v) is 7.75. The van der Waals surface area contributed by atoms with Crippen molar-refractivity contribution >= 4 is 17.3 Å². The van der Waals surface area contributed by atoms with Gasteiger partial charge in [-0.1, -0.05) is 32.4 Å². The van der Waals surface area contributed by atoms with Crippen LogP contribution in [0.2, 0.25) is 5.02 Å². The van der Waals surface area contributed by atoms with E-state index in [0.29, 0.717) is 5.41 Å². The van der Waals surface area contributed by atoms with Crippen LogP contribution in [0.25, 0.3) is 0 Å². The fourth-order valence-electron chi connectivity index (χ4n) is 3.31. The van der Waals surface area contributed by atoms with Crippen LogP contribution in [0.4, 0.5) is 5.69 Å². The van der Waals surface area contributed by atoms with Gasteiger partial charge in [0.05, 0.1) is 12.8 Å². The zero-order valence-electron chi connectivity index (χ0n) is 13.7. The molecular formula is C18H28ClNO. The predicted molar refractivity (Wildman–Crippen MR) is 91.4 cm³/mol. The fraction of sp³-hybridized carbons (Fsp3) is 0.667. The quantitative estimate of drug-likeness (QED) is 0.780. The third kappa shape index (κ3) is 4.54. The Kier molecular flexibility index (Phi) is 5.43. The van der Waals surface area contributed by atoms with Crippen molar-refractivity contribution in [2.45, 2.75) is 46.5 Å². The molecule has 0 unspecified atom stereocenters. The highest BCUT2D eigenvalue weighted by atomic mass is 35.5. The molecule has 2 nitrogen and oxygen atoms in total. The third-order valence-corrected chi connectivity index (χ3v) is 5.05. The van der Waals surface area contributed by atoms with Gasteiger partial charge in [-0.2, -0.15) is 0 Å². The Balaban J connectivity index is 1.86. The van der Waals surface area contributed by atoms with Gasteiger partial charge in [-0.25, -0.2) is 0 Å². The lowest BCUT2D eigenvalue weighted by molar-refractivity contribution is 0.153. The Labute approximate surface area is 134 Å². The summed E-state index contributed by atoms with van der Waals surface area (Å²) in [5.41, 5.74) is 1.46. The maximum Gasteiger partial charge on any atom is 0.142 e. The standard InChI is InChI=1S/C18H28ClNO/c1-18(2,3)14-7-5-13(6-8-14)12-20-16-11-15(19)9-10-17(16)21-4/h9-11,13-14,20H,5-8,12H2,1-4H3. The molecule has 2 rings (SSSR count). The molecule has 0 spiro atoms. The lowest BCUT2D eigenvalue weighted by Crippen LogP contribution is -2.28. The topological polar surface area (TPSA) is 21.3 Å². The first-order valence-electron chi connectivity index (χ1n) is 7.97. The number of methoxy groups -OCH3 is 1. The summed E-state index contributed by atoms with van der Waals surface area (Å²) >= 11 is 6.07. The summed E-state index contributed by atoms with van der Waals surface area (Å²) in [6.45, 7) is 8.11. The number of anilines is 1. The van der Waals surface area contributed by atoms with E-state index in [1.54, 1.807) is 7.11 Å². The van der Waals surface area contributed by atoms with Crippen LogP contribution in [0.15, 0.2) is 18.2 Å². The normalized spacial score (nSPS) is 22.9. The zero-order chi connectivity index (χ0) is 15.5. The average molecular weight is 310 g/mol. The molecular weight excluding hydrogens is 282 g/mol. The summed E-state index contributed by atoms with van der Waals surface area (Å²) in [5, 5.41) is 4.26. The molecule has 1 aliphatic carbocycles. The average Bonchev–Trinajstić information content (AvgIpc) is 2.45. The van der Waals surface area contributed by atoms with E-state index in [0.717, 1.165) is 34.8 Å². The molecule has 1 saturated carbocycles. The van der Waals surface area contributed by atoms with Crippen LogP contribution in [0, 0.1) is 17.3 Å². The lowest BCUT2D eigenvalue weighted by atomic mass is 9.70. The van der Waals surface area contributed by atoms with Crippen LogP contribution in [0.1, 0.15) is 46.5 Å². The number of hydrogen-bond donors (Lipinski definition) is 1. The molecule has 0 aromatic heterocycles. The van der Waals surface area contributed by atoms with Crippen molar-refractivity contribution in [2.75, 3.05) is 19.0 Å². The Hall–Kier alpha value is -0.890. The predicted octanol–water partition coefficient (Wildman–Crippen LogP) is 5.61. The van der Waals surface area contributed by atoms with Crippen LogP contribution in [0.5, 0.6) is 5.75 Å². The minimum atomic E-state index is 0.453. The number of halogens is 1. The third-order valence-electron chi connectivity index (χ3n) is 4.81. The Morgan fingerprint density at radius 2 is 1.86 bits per heavy atom. The van der Waals surface area contributed by atoms with E-state index >= 15 is 0 Å². The molecule has 0 saturated heterocycles. The van der Waals surface area contributed by atoms with Crippen molar-refractivity contribution in [2.24, 2.45) is 17.3 Å². The minimum Gasteiger partial charge on any atom is -0.495 e. The zero-order valence-corrected chi connectivity index (χ0v) is 14.5. The summed E-state index contributed by atoms with van der Waals surface area (Å²) in [4.78, 5) is 0. The molecule has 0 radical (unpaired) electrons. The largest absolute Gasteiger partial charge is 0.495 e. The van der Waals surface area contributed by atoms with E-state index in [1.165, 1.54) is 25.7 Å². The van der Waals surface area contributed by atoms with Gasteiger partial charge in [0.15, 0.2) is 0 Å². The summed E-state index contributed by atoms with van der Waals surface area (Å²) < 4.78 is 5.38. The van der Waals surface area contributed by atoms with Gasteiger partial charge in [0.2, 0.25) is 0 Å².